The summed E-state index contributed by atoms with van der Waals surface area (Å²) >= 11 is 0. The second-order valence-corrected chi connectivity index (χ2v) is 7.15. The maximum absolute atomic E-state index is 5.30. The van der Waals surface area contributed by atoms with Crippen LogP contribution >= 0.6 is 0 Å². The van der Waals surface area contributed by atoms with Crippen LogP contribution in [-0.2, 0) is 6.42 Å². The molecule has 0 spiro atoms. The monoisotopic (exact) mass is 379 g/mol. The normalized spacial score (nSPS) is 13.1. The number of aromatic nitrogens is 2. The largest absolute Gasteiger partial charge is 0.357 e. The minimum absolute atomic E-state index is 0.125. The van der Waals surface area contributed by atoms with Gasteiger partial charge in [-0.25, -0.2) is 0 Å². The molecule has 1 atom stereocenters. The van der Waals surface area contributed by atoms with E-state index in [1.807, 2.05) is 0 Å². The highest BCUT2D eigenvalue weighted by Crippen LogP contribution is 2.23. The van der Waals surface area contributed by atoms with Gasteiger partial charge in [-0.1, -0.05) is 61.5 Å². The molecule has 2 N–H and O–H groups in total. The van der Waals surface area contributed by atoms with Gasteiger partial charge in [0.25, 0.3) is 0 Å². The van der Waals surface area contributed by atoms with Crippen molar-refractivity contribution < 1.29 is 4.52 Å². The first-order chi connectivity index (χ1) is 13.6. The molecule has 0 bridgehead atoms. The summed E-state index contributed by atoms with van der Waals surface area (Å²) in [6.45, 7) is 9.70. The van der Waals surface area contributed by atoms with E-state index in [0.29, 0.717) is 18.9 Å². The third kappa shape index (κ3) is 4.88. The molecule has 0 saturated carbocycles. The van der Waals surface area contributed by atoms with Crippen molar-refractivity contribution in [2.75, 3.05) is 13.1 Å². The number of benzene rings is 2. The number of fused-ring (bicyclic) bond motifs is 1. The molecule has 0 amide bonds. The molecule has 0 saturated heterocycles. The second kappa shape index (κ2) is 9.35. The Kier molecular flexibility index (Phi) is 6.63. The Balaban J connectivity index is 1.68. The van der Waals surface area contributed by atoms with Crippen molar-refractivity contribution >= 4 is 16.7 Å². The fourth-order valence-electron chi connectivity index (χ4n) is 3.10. The van der Waals surface area contributed by atoms with Crippen molar-refractivity contribution in [3.8, 4) is 0 Å². The van der Waals surface area contributed by atoms with E-state index in [2.05, 4.69) is 95.9 Å². The summed E-state index contributed by atoms with van der Waals surface area (Å²) in [4.78, 5) is 9.08. The fraction of sp³-hybridized carbons (Fsp3) is 0.409. The molecule has 0 aliphatic carbocycles. The molecule has 6 heteroatoms. The lowest BCUT2D eigenvalue weighted by Gasteiger charge is -2.19. The molecule has 1 heterocycles. The predicted octanol–water partition coefficient (Wildman–Crippen LogP) is 4.21. The van der Waals surface area contributed by atoms with Crippen molar-refractivity contribution in [1.82, 2.24) is 20.8 Å². The van der Waals surface area contributed by atoms with Gasteiger partial charge in [0.1, 0.15) is 0 Å². The smallest absolute Gasteiger partial charge is 0.228 e. The Morgan fingerprint density at radius 2 is 1.89 bits per heavy atom. The van der Waals surface area contributed by atoms with Gasteiger partial charge in [0.05, 0.1) is 12.6 Å². The lowest BCUT2D eigenvalue weighted by molar-refractivity contribution is 0.372. The molecular weight excluding hydrogens is 350 g/mol. The van der Waals surface area contributed by atoms with E-state index in [1.54, 1.807) is 0 Å². The Hall–Kier alpha value is -2.89. The number of guanidine groups is 1. The molecular formula is C22H29N5O. The van der Waals surface area contributed by atoms with Crippen LogP contribution in [0, 0.1) is 0 Å². The first-order valence-electron chi connectivity index (χ1n) is 9.93. The zero-order valence-electron chi connectivity index (χ0n) is 17.1. The van der Waals surface area contributed by atoms with Crippen LogP contribution < -0.4 is 10.6 Å². The molecule has 3 aromatic rings. The van der Waals surface area contributed by atoms with Crippen LogP contribution in [-0.4, -0.2) is 29.2 Å². The number of nitrogens with one attached hydrogen (secondary N) is 2. The van der Waals surface area contributed by atoms with E-state index in [0.717, 1.165) is 18.3 Å². The standard InChI is InChI=1S/C22H29N5O/c1-5-23-22(24-14-13-20-26-21(15(2)3)27-28-20)25-16(4)18-12-8-10-17-9-6-7-11-19(17)18/h6-12,15-16H,5,13-14H2,1-4H3,(H2,23,24,25). The third-order valence-corrected chi connectivity index (χ3v) is 4.58. The number of rotatable bonds is 7. The molecule has 148 valence electrons. The van der Waals surface area contributed by atoms with Crippen LogP contribution in [0.1, 0.15) is 56.9 Å². The van der Waals surface area contributed by atoms with Gasteiger partial charge in [0.2, 0.25) is 5.89 Å². The minimum atomic E-state index is 0.125. The third-order valence-electron chi connectivity index (χ3n) is 4.58. The summed E-state index contributed by atoms with van der Waals surface area (Å²) < 4.78 is 5.30. The summed E-state index contributed by atoms with van der Waals surface area (Å²) in [6, 6.07) is 15.0. The lowest BCUT2D eigenvalue weighted by Crippen LogP contribution is -2.39. The average Bonchev–Trinajstić information content (AvgIpc) is 3.17. The van der Waals surface area contributed by atoms with E-state index in [-0.39, 0.29) is 12.0 Å². The molecule has 2 aromatic carbocycles. The number of nitrogens with zero attached hydrogens (tertiary/aromatic N) is 3. The Bertz CT molecular complexity index is 926. The Labute approximate surface area is 166 Å². The van der Waals surface area contributed by atoms with Crippen LogP contribution in [0.2, 0.25) is 0 Å². The van der Waals surface area contributed by atoms with Crippen molar-refractivity contribution in [2.24, 2.45) is 4.99 Å². The quantitative estimate of drug-likeness (QED) is 0.475. The van der Waals surface area contributed by atoms with Crippen LogP contribution in [0.5, 0.6) is 0 Å². The average molecular weight is 380 g/mol. The Morgan fingerprint density at radius 1 is 1.11 bits per heavy atom. The molecule has 1 unspecified atom stereocenters. The molecule has 0 radical (unpaired) electrons. The lowest BCUT2D eigenvalue weighted by atomic mass is 10.00. The molecule has 6 nitrogen and oxygen atoms in total. The topological polar surface area (TPSA) is 75.3 Å². The van der Waals surface area contributed by atoms with Gasteiger partial charge in [-0.05, 0) is 30.2 Å². The van der Waals surface area contributed by atoms with Gasteiger partial charge in [-0.15, -0.1) is 0 Å². The summed E-state index contributed by atoms with van der Waals surface area (Å²) in [6.07, 6.45) is 0.624. The Morgan fingerprint density at radius 3 is 2.64 bits per heavy atom. The maximum Gasteiger partial charge on any atom is 0.228 e. The minimum Gasteiger partial charge on any atom is -0.357 e. The van der Waals surface area contributed by atoms with Crippen molar-refractivity contribution in [1.29, 1.82) is 0 Å². The zero-order chi connectivity index (χ0) is 19.9. The molecule has 3 rings (SSSR count). The highest BCUT2D eigenvalue weighted by molar-refractivity contribution is 5.87. The number of hydrogen-bond acceptors (Lipinski definition) is 4. The van der Waals surface area contributed by atoms with Crippen LogP contribution in [0.4, 0.5) is 0 Å². The second-order valence-electron chi connectivity index (χ2n) is 7.15. The van der Waals surface area contributed by atoms with E-state index in [9.17, 15) is 0 Å². The summed E-state index contributed by atoms with van der Waals surface area (Å²) in [7, 11) is 0. The van der Waals surface area contributed by atoms with Gasteiger partial charge in [-0.3, -0.25) is 4.99 Å². The van der Waals surface area contributed by atoms with E-state index >= 15 is 0 Å². The van der Waals surface area contributed by atoms with Gasteiger partial charge in [-0.2, -0.15) is 4.98 Å². The first kappa shape index (κ1) is 19.9. The SMILES string of the molecule is CCNC(=NCCc1nc(C(C)C)no1)NC(C)c1cccc2ccccc12. The maximum atomic E-state index is 5.30. The number of aliphatic imine (C=N–C) groups is 1. The summed E-state index contributed by atoms with van der Waals surface area (Å²) in [5.74, 6) is 2.42. The highest BCUT2D eigenvalue weighted by Gasteiger charge is 2.12. The molecule has 1 aromatic heterocycles. The fourth-order valence-corrected chi connectivity index (χ4v) is 3.10. The first-order valence-corrected chi connectivity index (χ1v) is 9.93. The molecule has 28 heavy (non-hydrogen) atoms. The van der Waals surface area contributed by atoms with Gasteiger partial charge < -0.3 is 15.2 Å². The van der Waals surface area contributed by atoms with Gasteiger partial charge in [0, 0.05) is 18.9 Å². The summed E-state index contributed by atoms with van der Waals surface area (Å²) in [5, 5.41) is 13.3. The van der Waals surface area contributed by atoms with Gasteiger partial charge in [0.15, 0.2) is 11.8 Å². The van der Waals surface area contributed by atoms with Gasteiger partial charge >= 0.3 is 0 Å². The number of hydrogen-bond donors (Lipinski definition) is 2. The van der Waals surface area contributed by atoms with Crippen molar-refractivity contribution in [3.63, 3.8) is 0 Å². The zero-order valence-corrected chi connectivity index (χ0v) is 17.1. The molecule has 0 aliphatic heterocycles. The van der Waals surface area contributed by atoms with E-state index < -0.39 is 0 Å². The van der Waals surface area contributed by atoms with E-state index in [4.69, 9.17) is 4.52 Å². The van der Waals surface area contributed by atoms with Crippen molar-refractivity contribution in [2.45, 2.75) is 46.1 Å². The highest BCUT2D eigenvalue weighted by atomic mass is 16.5. The van der Waals surface area contributed by atoms with Crippen LogP contribution in [0.15, 0.2) is 52.0 Å². The predicted molar refractivity (Wildman–Crippen MR) is 114 cm³/mol. The van der Waals surface area contributed by atoms with E-state index in [1.165, 1.54) is 16.3 Å². The van der Waals surface area contributed by atoms with Crippen molar-refractivity contribution in [3.05, 3.63) is 59.7 Å². The van der Waals surface area contributed by atoms with Crippen LogP contribution in [0.3, 0.4) is 0 Å². The molecule has 0 aliphatic rings. The van der Waals surface area contributed by atoms with Crippen LogP contribution in [0.25, 0.3) is 10.8 Å². The summed E-state index contributed by atoms with van der Waals surface area (Å²) in [5.41, 5.74) is 1.25. The molecule has 0 fully saturated rings.